The molecule has 0 radical (unpaired) electrons. The van der Waals surface area contributed by atoms with Gasteiger partial charge in [0.15, 0.2) is 0 Å². The Morgan fingerprint density at radius 1 is 1.17 bits per heavy atom. The number of halogens is 1. The molecule has 0 heterocycles. The van der Waals surface area contributed by atoms with Crippen molar-refractivity contribution in [2.24, 2.45) is 0 Å². The number of benzene rings is 1. The number of carbonyl (C=O) groups excluding carboxylic acids is 1. The van der Waals surface area contributed by atoms with Gasteiger partial charge in [-0.3, -0.25) is 4.79 Å². The van der Waals surface area contributed by atoms with Crippen LogP contribution in [0.2, 0.25) is 0 Å². The van der Waals surface area contributed by atoms with Crippen LogP contribution in [0.4, 0.5) is 0 Å². The molecular weight excluding hydrogens is 356 g/mol. The topological polar surface area (TPSA) is 38.3 Å². The number of rotatable bonds is 11. The Bertz CT molecular complexity index is 441. The molecule has 0 aliphatic rings. The molecule has 4 nitrogen and oxygen atoms in total. The van der Waals surface area contributed by atoms with E-state index in [4.69, 9.17) is 4.74 Å². The molecule has 1 amide bonds. The summed E-state index contributed by atoms with van der Waals surface area (Å²) in [6.07, 6.45) is -0.105. The first-order valence-corrected chi connectivity index (χ1v) is 9.57. The summed E-state index contributed by atoms with van der Waals surface area (Å²) in [6.45, 7) is 12.2. The molecule has 1 N–H and O–H groups in total. The fraction of sp³-hybridized carbons (Fsp3) is 0.611. The zero-order valence-electron chi connectivity index (χ0n) is 14.6. The van der Waals surface area contributed by atoms with E-state index < -0.39 is 0 Å². The van der Waals surface area contributed by atoms with E-state index in [1.165, 1.54) is 0 Å². The second-order valence-corrected chi connectivity index (χ2v) is 6.28. The summed E-state index contributed by atoms with van der Waals surface area (Å²) in [5.41, 5.74) is 1.10. The molecule has 130 valence electrons. The van der Waals surface area contributed by atoms with E-state index in [2.05, 4.69) is 42.0 Å². The highest BCUT2D eigenvalue weighted by Crippen LogP contribution is 2.17. The van der Waals surface area contributed by atoms with Crippen LogP contribution in [0.25, 0.3) is 0 Å². The van der Waals surface area contributed by atoms with Gasteiger partial charge in [0, 0.05) is 6.54 Å². The van der Waals surface area contributed by atoms with Gasteiger partial charge >= 0.3 is 0 Å². The zero-order valence-corrected chi connectivity index (χ0v) is 16.1. The molecular formula is C18H30BrN2O2+. The van der Waals surface area contributed by atoms with Crippen LogP contribution in [0.3, 0.4) is 0 Å². The highest BCUT2D eigenvalue weighted by atomic mass is 79.9. The van der Waals surface area contributed by atoms with Gasteiger partial charge in [-0.2, -0.15) is 0 Å². The summed E-state index contributed by atoms with van der Waals surface area (Å²) >= 11 is 3.17. The average molecular weight is 386 g/mol. The van der Waals surface area contributed by atoms with Crippen LogP contribution in [0.5, 0.6) is 0 Å². The molecule has 1 aromatic rings. The molecule has 0 spiro atoms. The van der Waals surface area contributed by atoms with Crippen LogP contribution in [0.1, 0.15) is 32.4 Å². The quantitative estimate of drug-likeness (QED) is 0.469. The molecule has 0 bridgehead atoms. The molecule has 0 aliphatic heterocycles. The Balaban J connectivity index is 2.64. The second kappa shape index (κ2) is 10.8. The number of amides is 1. The summed E-state index contributed by atoms with van der Waals surface area (Å²) < 4.78 is 7.20. The van der Waals surface area contributed by atoms with Crippen LogP contribution in [-0.2, 0) is 9.53 Å². The number of ether oxygens (including phenoxy) is 1. The monoisotopic (exact) mass is 385 g/mol. The lowest BCUT2D eigenvalue weighted by Gasteiger charge is -2.36. The van der Waals surface area contributed by atoms with Crippen LogP contribution in [-0.4, -0.2) is 55.1 Å². The average Bonchev–Trinajstić information content (AvgIpc) is 2.62. The van der Waals surface area contributed by atoms with E-state index in [1.807, 2.05) is 30.3 Å². The van der Waals surface area contributed by atoms with Gasteiger partial charge in [-0.25, -0.2) is 0 Å². The fourth-order valence-corrected chi connectivity index (χ4v) is 2.93. The van der Waals surface area contributed by atoms with Gasteiger partial charge in [0.2, 0.25) is 5.91 Å². The maximum Gasteiger partial charge on any atom is 0.230 e. The number of nitrogens with zero attached hydrogens (tertiary/aromatic N) is 1. The zero-order chi connectivity index (χ0) is 17.1. The number of hydrogen-bond acceptors (Lipinski definition) is 2. The lowest BCUT2D eigenvalue weighted by Crippen LogP contribution is -2.49. The van der Waals surface area contributed by atoms with Crippen molar-refractivity contribution in [3.05, 3.63) is 35.9 Å². The normalized spacial score (nSPS) is 12.9. The Morgan fingerprint density at radius 2 is 1.78 bits per heavy atom. The van der Waals surface area contributed by atoms with Crippen molar-refractivity contribution >= 4 is 21.8 Å². The Kier molecular flexibility index (Phi) is 9.44. The number of alkyl halides is 1. The number of nitrogens with one attached hydrogen (secondary N) is 1. The molecule has 1 rings (SSSR count). The molecule has 1 aromatic carbocycles. The third-order valence-electron chi connectivity index (χ3n) is 4.67. The van der Waals surface area contributed by atoms with Crippen LogP contribution >= 0.6 is 15.9 Å². The van der Waals surface area contributed by atoms with Crippen molar-refractivity contribution in [1.82, 2.24) is 5.32 Å². The van der Waals surface area contributed by atoms with Crippen molar-refractivity contribution in [2.45, 2.75) is 26.9 Å². The number of hydrogen-bond donors (Lipinski definition) is 1. The molecule has 0 saturated carbocycles. The number of likely N-dealkylation sites (N-methyl/N-ethyl adjacent to an activating group) is 1. The third-order valence-corrected chi connectivity index (χ3v) is 5.18. The minimum atomic E-state index is -0.105. The maximum absolute atomic E-state index is 11.5. The van der Waals surface area contributed by atoms with Crippen molar-refractivity contribution in [3.8, 4) is 0 Å². The lowest BCUT2D eigenvalue weighted by atomic mass is 10.1. The largest absolute Gasteiger partial charge is 0.366 e. The lowest BCUT2D eigenvalue weighted by molar-refractivity contribution is -0.923. The van der Waals surface area contributed by atoms with E-state index in [1.54, 1.807) is 0 Å². The van der Waals surface area contributed by atoms with Crippen LogP contribution in [0, 0.1) is 0 Å². The van der Waals surface area contributed by atoms with Crippen molar-refractivity contribution in [2.75, 3.05) is 44.7 Å². The van der Waals surface area contributed by atoms with Gasteiger partial charge in [-0.05, 0) is 26.3 Å². The van der Waals surface area contributed by atoms with Gasteiger partial charge in [0.05, 0.1) is 31.6 Å². The molecule has 0 fully saturated rings. The smallest absolute Gasteiger partial charge is 0.230 e. The highest BCUT2D eigenvalue weighted by Gasteiger charge is 2.21. The van der Waals surface area contributed by atoms with Crippen molar-refractivity contribution in [1.29, 1.82) is 0 Å². The molecule has 0 saturated heterocycles. The molecule has 0 aliphatic carbocycles. The molecule has 1 unspecified atom stereocenters. The summed E-state index contributed by atoms with van der Waals surface area (Å²) in [7, 11) is 0. The summed E-state index contributed by atoms with van der Waals surface area (Å²) in [5, 5.41) is 3.22. The van der Waals surface area contributed by atoms with Gasteiger partial charge in [-0.1, -0.05) is 46.3 Å². The highest BCUT2D eigenvalue weighted by molar-refractivity contribution is 9.09. The number of quaternary nitrogens is 1. The Morgan fingerprint density at radius 3 is 2.30 bits per heavy atom. The van der Waals surface area contributed by atoms with E-state index in [-0.39, 0.29) is 12.0 Å². The molecule has 23 heavy (non-hydrogen) atoms. The Labute approximate surface area is 148 Å². The molecule has 1 atom stereocenters. The van der Waals surface area contributed by atoms with E-state index in [0.717, 1.165) is 36.2 Å². The SMILES string of the molecule is CC[N+](CC)(CC)CCOC(CNC(=O)CBr)c1ccccc1. The van der Waals surface area contributed by atoms with Crippen molar-refractivity contribution in [3.63, 3.8) is 0 Å². The predicted molar refractivity (Wildman–Crippen MR) is 98.7 cm³/mol. The first kappa shape index (κ1) is 20.1. The Hall–Kier alpha value is -0.910. The maximum atomic E-state index is 11.5. The number of carbonyl (C=O) groups is 1. The molecule has 5 heteroatoms. The van der Waals surface area contributed by atoms with Gasteiger partial charge in [-0.15, -0.1) is 0 Å². The van der Waals surface area contributed by atoms with Crippen LogP contribution in [0.15, 0.2) is 30.3 Å². The first-order chi connectivity index (χ1) is 11.1. The van der Waals surface area contributed by atoms with Gasteiger partial charge < -0.3 is 14.5 Å². The van der Waals surface area contributed by atoms with E-state index in [0.29, 0.717) is 18.5 Å². The standard InChI is InChI=1S/C18H29BrN2O2/c1-4-21(5-2,6-3)12-13-23-17(15-20-18(22)14-19)16-10-8-7-9-11-16/h7-11,17H,4-6,12-15H2,1-3H3/p+1. The second-order valence-electron chi connectivity index (χ2n) is 5.72. The van der Waals surface area contributed by atoms with E-state index in [9.17, 15) is 4.79 Å². The van der Waals surface area contributed by atoms with Gasteiger partial charge in [0.25, 0.3) is 0 Å². The van der Waals surface area contributed by atoms with Crippen LogP contribution < -0.4 is 5.32 Å². The minimum Gasteiger partial charge on any atom is -0.366 e. The first-order valence-electron chi connectivity index (χ1n) is 8.45. The third kappa shape index (κ3) is 6.61. The minimum absolute atomic E-state index is 0.0182. The fourth-order valence-electron chi connectivity index (χ4n) is 2.73. The van der Waals surface area contributed by atoms with Gasteiger partial charge in [0.1, 0.15) is 12.6 Å². The molecule has 0 aromatic heterocycles. The summed E-state index contributed by atoms with van der Waals surface area (Å²) in [4.78, 5) is 11.5. The van der Waals surface area contributed by atoms with Crippen molar-refractivity contribution < 1.29 is 14.0 Å². The van der Waals surface area contributed by atoms with E-state index >= 15 is 0 Å². The summed E-state index contributed by atoms with van der Waals surface area (Å²) in [5.74, 6) is -0.0182. The predicted octanol–water partition coefficient (Wildman–Crippen LogP) is 3.13. The summed E-state index contributed by atoms with van der Waals surface area (Å²) in [6, 6.07) is 10.1.